The van der Waals surface area contributed by atoms with Crippen molar-refractivity contribution in [2.45, 2.75) is 39.8 Å². The molecule has 2 heterocycles. The summed E-state index contributed by atoms with van der Waals surface area (Å²) in [5.74, 6) is -0.989. The second-order valence-corrected chi connectivity index (χ2v) is 11.5. The second kappa shape index (κ2) is 13.3. The lowest BCUT2D eigenvalue weighted by Gasteiger charge is -2.10. The van der Waals surface area contributed by atoms with E-state index in [2.05, 4.69) is 0 Å². The third-order valence-electron chi connectivity index (χ3n) is 6.83. The lowest BCUT2D eigenvalue weighted by atomic mass is 9.98. The van der Waals surface area contributed by atoms with E-state index >= 15 is 0 Å². The van der Waals surface area contributed by atoms with Crippen molar-refractivity contribution < 1.29 is 27.1 Å². The van der Waals surface area contributed by atoms with Crippen molar-refractivity contribution in [3.05, 3.63) is 95.3 Å². The number of aryl methyl sites for hydroxylation is 4. The van der Waals surface area contributed by atoms with E-state index in [0.717, 1.165) is 46.5 Å². The molecule has 4 aromatic rings. The van der Waals surface area contributed by atoms with Crippen LogP contribution in [0.25, 0.3) is 22.5 Å². The molecule has 0 saturated carbocycles. The Bertz CT molecular complexity index is 1430. The fourth-order valence-corrected chi connectivity index (χ4v) is 5.29. The smallest absolute Gasteiger partial charge is 0.233 e. The molecule has 0 amide bonds. The summed E-state index contributed by atoms with van der Waals surface area (Å²) < 4.78 is 44.6. The van der Waals surface area contributed by atoms with Gasteiger partial charge in [-0.3, -0.25) is 9.59 Å². The molecule has 2 N–H and O–H groups in total. The van der Waals surface area contributed by atoms with Crippen LogP contribution in [0.1, 0.15) is 45.7 Å². The first-order valence-corrected chi connectivity index (χ1v) is 15.6. The van der Waals surface area contributed by atoms with Gasteiger partial charge in [-0.05, 0) is 47.2 Å². The Morgan fingerprint density at radius 1 is 0.650 bits per heavy atom. The number of aromatic nitrogens is 2. The van der Waals surface area contributed by atoms with Crippen LogP contribution in [-0.4, -0.2) is 49.7 Å². The summed E-state index contributed by atoms with van der Waals surface area (Å²) in [5.41, 5.74) is 6.20. The first-order chi connectivity index (χ1) is 19.2. The minimum atomic E-state index is -1.90. The Morgan fingerprint density at radius 2 is 1.00 bits per heavy atom. The number of benzene rings is 2. The molecule has 2 unspecified atom stereocenters. The third kappa shape index (κ3) is 7.00. The van der Waals surface area contributed by atoms with Gasteiger partial charge in [0.2, 0.25) is 11.6 Å². The number of Topliss-reactive ketones (excluding diaryl/α,β-unsaturated/α-hetero) is 2. The van der Waals surface area contributed by atoms with Crippen molar-refractivity contribution in [1.82, 2.24) is 9.13 Å². The zero-order valence-corrected chi connectivity index (χ0v) is 24.0. The number of nitrogens with zero attached hydrogens (tertiary/aromatic N) is 2. The highest BCUT2D eigenvalue weighted by atomic mass is 32.2. The molecular formula is C30H32N2O6S2. The van der Waals surface area contributed by atoms with E-state index in [4.69, 9.17) is 0 Å². The van der Waals surface area contributed by atoms with Gasteiger partial charge in [-0.2, -0.15) is 0 Å². The van der Waals surface area contributed by atoms with Gasteiger partial charge < -0.3 is 18.2 Å². The van der Waals surface area contributed by atoms with Crippen LogP contribution in [0.3, 0.4) is 0 Å². The normalized spacial score (nSPS) is 12.8. The molecule has 0 fully saturated rings. The van der Waals surface area contributed by atoms with E-state index in [1.54, 1.807) is 48.5 Å². The lowest BCUT2D eigenvalue weighted by molar-refractivity contribution is 0.0817. The van der Waals surface area contributed by atoms with Gasteiger partial charge in [0.25, 0.3) is 0 Å². The number of carbonyl (C=O) groups is 2. The summed E-state index contributed by atoms with van der Waals surface area (Å²) in [6.07, 6.45) is 5.56. The SMILES string of the molecule is CCc1cc(-c2ccc(C(=O)C(=O)c3ccc(-c4cc(CC)cn4CCS(=O)O)cc3)cc2)n(CCS(=O)O)c1. The van der Waals surface area contributed by atoms with Gasteiger partial charge in [0.1, 0.15) is 0 Å². The van der Waals surface area contributed by atoms with Crippen molar-refractivity contribution in [2.24, 2.45) is 0 Å². The summed E-state index contributed by atoms with van der Waals surface area (Å²) in [6.45, 7) is 4.85. The number of carbonyl (C=O) groups excluding carboxylic acids is 2. The van der Waals surface area contributed by atoms with Gasteiger partial charge in [-0.15, -0.1) is 0 Å². The largest absolute Gasteiger partial charge is 0.346 e. The predicted molar refractivity (Wildman–Crippen MR) is 158 cm³/mol. The van der Waals surface area contributed by atoms with Crippen LogP contribution in [0.4, 0.5) is 0 Å². The second-order valence-electron chi connectivity index (χ2n) is 9.43. The monoisotopic (exact) mass is 580 g/mol. The molecule has 8 nitrogen and oxygen atoms in total. The molecular weight excluding hydrogens is 548 g/mol. The van der Waals surface area contributed by atoms with Crippen molar-refractivity contribution in [2.75, 3.05) is 11.5 Å². The third-order valence-corrected chi connectivity index (χ3v) is 7.89. The van der Waals surface area contributed by atoms with Crippen LogP contribution in [-0.2, 0) is 48.1 Å². The number of rotatable bonds is 13. The highest BCUT2D eigenvalue weighted by Crippen LogP contribution is 2.26. The Labute approximate surface area is 238 Å². The predicted octanol–water partition coefficient (Wildman–Crippen LogP) is 5.26. The highest BCUT2D eigenvalue weighted by molar-refractivity contribution is 7.79. The molecule has 0 aliphatic rings. The van der Waals surface area contributed by atoms with Crippen LogP contribution in [0, 0.1) is 0 Å². The van der Waals surface area contributed by atoms with E-state index in [9.17, 15) is 27.1 Å². The first-order valence-electron chi connectivity index (χ1n) is 13.0. The summed E-state index contributed by atoms with van der Waals surface area (Å²) in [6, 6.07) is 17.7. The van der Waals surface area contributed by atoms with Crippen LogP contribution >= 0.6 is 0 Å². The maximum Gasteiger partial charge on any atom is 0.233 e. The van der Waals surface area contributed by atoms with Crippen LogP contribution in [0.15, 0.2) is 73.1 Å². The van der Waals surface area contributed by atoms with Crippen molar-refractivity contribution in [3.63, 3.8) is 0 Å². The van der Waals surface area contributed by atoms with Gasteiger partial charge in [-0.1, -0.05) is 62.4 Å². The van der Waals surface area contributed by atoms with Gasteiger partial charge in [0.05, 0.1) is 11.5 Å². The maximum absolute atomic E-state index is 13.0. The lowest BCUT2D eigenvalue weighted by Crippen LogP contribution is -2.14. The summed E-state index contributed by atoms with van der Waals surface area (Å²) in [4.78, 5) is 26.0. The molecule has 0 saturated heterocycles. The Morgan fingerprint density at radius 3 is 1.30 bits per heavy atom. The first kappa shape index (κ1) is 29.5. The minimum Gasteiger partial charge on any atom is -0.346 e. The van der Waals surface area contributed by atoms with E-state index in [1.165, 1.54) is 0 Å². The molecule has 0 aliphatic carbocycles. The topological polar surface area (TPSA) is 119 Å². The maximum atomic E-state index is 13.0. The Balaban J connectivity index is 1.51. The quantitative estimate of drug-likeness (QED) is 0.127. The fourth-order valence-electron chi connectivity index (χ4n) is 4.59. The number of hydrogen-bond donors (Lipinski definition) is 2. The summed E-state index contributed by atoms with van der Waals surface area (Å²) >= 11 is -3.79. The van der Waals surface area contributed by atoms with Crippen LogP contribution < -0.4 is 0 Å². The van der Waals surface area contributed by atoms with Gasteiger partial charge >= 0.3 is 0 Å². The van der Waals surface area contributed by atoms with Gasteiger partial charge in [0, 0.05) is 48.0 Å². The van der Waals surface area contributed by atoms with E-state index in [0.29, 0.717) is 13.1 Å². The molecule has 2 atom stereocenters. The molecule has 10 heteroatoms. The Kier molecular flexibility index (Phi) is 9.80. The van der Waals surface area contributed by atoms with E-state index < -0.39 is 33.7 Å². The molecule has 40 heavy (non-hydrogen) atoms. The van der Waals surface area contributed by atoms with Crippen molar-refractivity contribution in [3.8, 4) is 22.5 Å². The summed E-state index contributed by atoms with van der Waals surface area (Å²) in [5, 5.41) is 0. The van der Waals surface area contributed by atoms with E-state index in [-0.39, 0.29) is 22.6 Å². The molecule has 0 aliphatic heterocycles. The standard InChI is InChI=1S/C30H32N2O6S2/c1-3-21-17-27(31(19-21)13-15-39(35)36)23-5-9-25(10-6-23)29(33)30(34)26-11-7-24(8-12-26)28-18-22(4-2)20-32(28)14-16-40(37)38/h5-12,17-20H,3-4,13-16H2,1-2H3,(H,35,36)(H,37,38). The van der Waals surface area contributed by atoms with Crippen LogP contribution in [0.2, 0.25) is 0 Å². The zero-order valence-electron chi connectivity index (χ0n) is 22.4. The fraction of sp³-hybridized carbons (Fsp3) is 0.267. The molecule has 2 aromatic heterocycles. The Hall–Kier alpha value is -3.44. The van der Waals surface area contributed by atoms with Crippen molar-refractivity contribution in [1.29, 1.82) is 0 Å². The molecule has 0 bridgehead atoms. The van der Waals surface area contributed by atoms with E-state index in [1.807, 2.05) is 47.5 Å². The summed E-state index contributed by atoms with van der Waals surface area (Å²) in [7, 11) is 0. The molecule has 2 aromatic carbocycles. The number of ketones is 2. The van der Waals surface area contributed by atoms with Crippen LogP contribution in [0.5, 0.6) is 0 Å². The van der Waals surface area contributed by atoms with Gasteiger partial charge in [0.15, 0.2) is 22.2 Å². The minimum absolute atomic E-state index is 0.115. The molecule has 210 valence electrons. The highest BCUT2D eigenvalue weighted by Gasteiger charge is 2.19. The van der Waals surface area contributed by atoms with Crippen molar-refractivity contribution >= 4 is 33.7 Å². The molecule has 0 radical (unpaired) electrons. The average molecular weight is 581 g/mol. The zero-order chi connectivity index (χ0) is 28.8. The average Bonchev–Trinajstić information content (AvgIpc) is 3.58. The molecule has 4 rings (SSSR count). The molecule has 0 spiro atoms. The van der Waals surface area contributed by atoms with Gasteiger partial charge in [-0.25, -0.2) is 8.42 Å². The number of hydrogen-bond acceptors (Lipinski definition) is 4.